The molecule has 3 saturated heterocycles. The van der Waals surface area contributed by atoms with E-state index in [-0.39, 0.29) is 28.7 Å². The number of methoxy groups -OCH3 is 2. The fourth-order valence-electron chi connectivity index (χ4n) is 7.44. The van der Waals surface area contributed by atoms with Crippen molar-refractivity contribution in [2.45, 2.75) is 37.6 Å². The van der Waals surface area contributed by atoms with Gasteiger partial charge in [0, 0.05) is 50.0 Å². The molecule has 1 atom stereocenters. The lowest BCUT2D eigenvalue weighted by Crippen LogP contribution is -2.51. The summed E-state index contributed by atoms with van der Waals surface area (Å²) >= 11 is 6.41. The zero-order valence-corrected chi connectivity index (χ0v) is 32.7. The molecule has 3 aromatic carbocycles. The number of anilines is 6. The maximum atomic E-state index is 13.4. The van der Waals surface area contributed by atoms with Crippen LogP contribution >= 0.6 is 11.6 Å². The molecule has 0 spiro atoms. The predicted molar refractivity (Wildman–Crippen MR) is 218 cm³/mol. The molecule has 3 aliphatic rings. The Labute approximate surface area is 336 Å². The van der Waals surface area contributed by atoms with Crippen LogP contribution in [0.4, 0.5) is 34.5 Å². The minimum atomic E-state index is -0.489. The average Bonchev–Trinajstić information content (AvgIpc) is 3.23. The first kappa shape index (κ1) is 39.3. The first-order valence-electron chi connectivity index (χ1n) is 19.0. The van der Waals surface area contributed by atoms with Crippen molar-refractivity contribution >= 4 is 69.8 Å². The van der Waals surface area contributed by atoms with Crippen LogP contribution in [0.5, 0.6) is 5.75 Å². The third kappa shape index (κ3) is 9.55. The van der Waals surface area contributed by atoms with Crippen LogP contribution < -0.4 is 30.9 Å². The van der Waals surface area contributed by atoms with E-state index in [1.165, 1.54) is 18.9 Å². The molecule has 0 saturated carbocycles. The Morgan fingerprint density at radius 2 is 1.65 bits per heavy atom. The highest BCUT2D eigenvalue weighted by Gasteiger charge is 2.28. The van der Waals surface area contributed by atoms with Crippen LogP contribution in [-0.4, -0.2) is 110 Å². The number of imide groups is 1. The number of hydrogen-bond donors (Lipinski definition) is 4. The van der Waals surface area contributed by atoms with Crippen molar-refractivity contribution in [3.63, 3.8) is 0 Å². The third-order valence-corrected chi connectivity index (χ3v) is 10.9. The molecule has 15 nitrogen and oxygen atoms in total. The van der Waals surface area contributed by atoms with Gasteiger partial charge in [-0.25, -0.2) is 9.78 Å². The number of benzene rings is 3. The summed E-state index contributed by atoms with van der Waals surface area (Å²) in [5.74, 6) is 0.754. The molecule has 3 amide bonds. The number of rotatable bonds is 12. The van der Waals surface area contributed by atoms with Crippen LogP contribution in [0.15, 0.2) is 72.9 Å². The van der Waals surface area contributed by atoms with Crippen molar-refractivity contribution in [1.29, 1.82) is 0 Å². The molecule has 4 N–H and O–H groups in total. The molecule has 3 aliphatic heterocycles. The van der Waals surface area contributed by atoms with Crippen molar-refractivity contribution < 1.29 is 28.7 Å². The Morgan fingerprint density at radius 1 is 0.895 bits per heavy atom. The molecule has 4 heterocycles. The highest BCUT2D eigenvalue weighted by atomic mass is 35.5. The highest BCUT2D eigenvalue weighted by Crippen LogP contribution is 2.34. The number of esters is 1. The number of nitrogens with one attached hydrogen (secondary N) is 4. The minimum absolute atomic E-state index is 0.153. The Balaban J connectivity index is 0.878. The van der Waals surface area contributed by atoms with Gasteiger partial charge in [-0.3, -0.25) is 24.6 Å². The largest absolute Gasteiger partial charge is 0.494 e. The van der Waals surface area contributed by atoms with Gasteiger partial charge in [-0.1, -0.05) is 35.9 Å². The number of piperazine rings is 1. The Bertz CT molecular complexity index is 2100. The molecule has 1 aromatic heterocycles. The molecule has 0 aliphatic carbocycles. The molecule has 1 unspecified atom stereocenters. The van der Waals surface area contributed by atoms with Crippen molar-refractivity contribution in [3.05, 3.63) is 89.1 Å². The summed E-state index contributed by atoms with van der Waals surface area (Å²) in [6.45, 7) is 4.78. The van der Waals surface area contributed by atoms with Gasteiger partial charge >= 0.3 is 5.97 Å². The topological polar surface area (TPSA) is 170 Å². The fraction of sp³-hybridized carbons (Fsp3) is 0.366. The van der Waals surface area contributed by atoms with E-state index >= 15 is 0 Å². The van der Waals surface area contributed by atoms with E-state index in [1.54, 1.807) is 31.4 Å². The van der Waals surface area contributed by atoms with Gasteiger partial charge in [-0.2, -0.15) is 4.98 Å². The first-order chi connectivity index (χ1) is 27.7. The van der Waals surface area contributed by atoms with Crippen molar-refractivity contribution in [3.8, 4) is 5.75 Å². The Morgan fingerprint density at radius 3 is 2.37 bits per heavy atom. The molecule has 57 heavy (non-hydrogen) atoms. The van der Waals surface area contributed by atoms with Gasteiger partial charge in [-0.15, -0.1) is 0 Å². The first-order valence-corrected chi connectivity index (χ1v) is 19.4. The predicted octanol–water partition coefficient (Wildman–Crippen LogP) is 5.16. The molecule has 7 rings (SSSR count). The van der Waals surface area contributed by atoms with Gasteiger partial charge in [0.2, 0.25) is 23.7 Å². The second-order valence-corrected chi connectivity index (χ2v) is 14.7. The summed E-state index contributed by atoms with van der Waals surface area (Å²) in [7, 11) is 2.92. The summed E-state index contributed by atoms with van der Waals surface area (Å²) in [5.41, 5.74) is 4.58. The summed E-state index contributed by atoms with van der Waals surface area (Å²) in [6.07, 6.45) is 4.25. The Kier molecular flexibility index (Phi) is 12.3. The SMILES string of the molecule is COC(=O)c1ccccc1Nc1nc(Nc2ccc(N3CCN(C(=O)CN4CCC(c5ccc(NC6CCC(=O)NC6=O)cc5)CC4)CC3)cc2OC)ncc1Cl. The zero-order chi connectivity index (χ0) is 39.9. The standard InChI is InChI=1S/C41H46ClN9O6/c1-56-35-23-29(11-12-33(35)46-41-43-24-31(42)38(48-41)45-32-6-4-3-5-30(32)40(55)57-2)50-19-21-51(22-20-50)37(53)25-49-17-15-27(16-18-49)26-7-9-28(10-8-26)44-34-13-14-36(52)47-39(34)54/h3-12,23-24,27,34,44H,13-22,25H2,1-2H3,(H,47,52,54)(H2,43,45,46,48). The minimum Gasteiger partial charge on any atom is -0.494 e. The fourth-order valence-corrected chi connectivity index (χ4v) is 7.57. The van der Waals surface area contributed by atoms with E-state index in [0.29, 0.717) is 80.0 Å². The lowest BCUT2D eigenvalue weighted by atomic mass is 9.89. The van der Waals surface area contributed by atoms with Crippen LogP contribution in [0.25, 0.3) is 0 Å². The molecule has 298 valence electrons. The summed E-state index contributed by atoms with van der Waals surface area (Å²) in [5, 5.41) is 12.2. The normalized spacial score (nSPS) is 17.8. The van der Waals surface area contributed by atoms with Gasteiger partial charge in [0.25, 0.3) is 0 Å². The Hall–Kier alpha value is -5.93. The molecular weight excluding hydrogens is 750 g/mol. The number of likely N-dealkylation sites (tertiary alicyclic amines) is 1. The summed E-state index contributed by atoms with van der Waals surface area (Å²) in [4.78, 5) is 64.5. The summed E-state index contributed by atoms with van der Waals surface area (Å²) in [6, 6.07) is 20.6. The van der Waals surface area contributed by atoms with Gasteiger partial charge in [0.05, 0.1) is 43.9 Å². The molecule has 0 bridgehead atoms. The number of ether oxygens (including phenoxy) is 2. The maximum absolute atomic E-state index is 13.4. The number of carbonyl (C=O) groups is 4. The van der Waals surface area contributed by atoms with Gasteiger partial charge < -0.3 is 35.2 Å². The number of halogens is 1. The van der Waals surface area contributed by atoms with Gasteiger partial charge in [0.15, 0.2) is 5.82 Å². The van der Waals surface area contributed by atoms with E-state index in [1.807, 2.05) is 35.2 Å². The number of aromatic nitrogens is 2. The molecule has 3 fully saturated rings. The number of hydrogen-bond acceptors (Lipinski definition) is 13. The van der Waals surface area contributed by atoms with Gasteiger partial charge in [-0.05, 0) is 80.2 Å². The summed E-state index contributed by atoms with van der Waals surface area (Å²) < 4.78 is 10.6. The van der Waals surface area contributed by atoms with Crippen LogP contribution in [-0.2, 0) is 19.1 Å². The number of amides is 3. The van der Waals surface area contributed by atoms with E-state index in [2.05, 4.69) is 53.2 Å². The quantitative estimate of drug-likeness (QED) is 0.110. The second-order valence-electron chi connectivity index (χ2n) is 14.3. The monoisotopic (exact) mass is 795 g/mol. The van der Waals surface area contributed by atoms with Crippen LogP contribution in [0, 0.1) is 0 Å². The van der Waals surface area contributed by atoms with E-state index in [9.17, 15) is 19.2 Å². The van der Waals surface area contributed by atoms with E-state index < -0.39 is 12.0 Å². The van der Waals surface area contributed by atoms with Crippen LogP contribution in [0.3, 0.4) is 0 Å². The third-order valence-electron chi connectivity index (χ3n) is 10.7. The molecular formula is C41H46ClN9O6. The smallest absolute Gasteiger partial charge is 0.339 e. The average molecular weight is 796 g/mol. The van der Waals surface area contributed by atoms with Gasteiger partial charge in [0.1, 0.15) is 16.8 Å². The number of carbonyl (C=O) groups excluding carboxylic acids is 4. The molecule has 16 heteroatoms. The van der Waals surface area contributed by atoms with Crippen LogP contribution in [0.1, 0.15) is 47.5 Å². The zero-order valence-electron chi connectivity index (χ0n) is 31.9. The number of piperidine rings is 2. The van der Waals surface area contributed by atoms with Crippen molar-refractivity contribution in [1.82, 2.24) is 25.1 Å². The maximum Gasteiger partial charge on any atom is 0.339 e. The van der Waals surface area contributed by atoms with Crippen molar-refractivity contribution in [2.24, 2.45) is 0 Å². The lowest BCUT2D eigenvalue weighted by Gasteiger charge is -2.38. The van der Waals surface area contributed by atoms with Crippen LogP contribution in [0.2, 0.25) is 5.02 Å². The molecule has 4 aromatic rings. The number of para-hydroxylation sites is 1. The van der Waals surface area contributed by atoms with E-state index in [4.69, 9.17) is 21.1 Å². The second kappa shape index (κ2) is 17.9. The number of nitrogens with zero attached hydrogens (tertiary/aromatic N) is 5. The highest BCUT2D eigenvalue weighted by molar-refractivity contribution is 6.33. The van der Waals surface area contributed by atoms with Crippen molar-refractivity contribution in [2.75, 3.05) is 80.9 Å². The lowest BCUT2D eigenvalue weighted by molar-refractivity contribution is -0.134. The van der Waals surface area contributed by atoms with E-state index in [0.717, 1.165) is 37.3 Å². The molecule has 0 radical (unpaired) electrons.